The smallest absolute Gasteiger partial charge is 0.240 e. The largest absolute Gasteiger partial charge is 0.338 e. The number of thiophene rings is 1. The Hall–Kier alpha value is -0.950. The average molecular weight is 289 g/mol. The predicted octanol–water partition coefficient (Wildman–Crippen LogP) is 1.95. The standard InChI is InChI=1S/C11H16N4OS.ClH/c1-8-3-4-9(17-8)6-15(2)7-10-13-11(5-12)16-14-10;/h3-4H,5-7,12H2,1-2H3;1H. The molecule has 0 aliphatic rings. The van der Waals surface area contributed by atoms with Crippen molar-refractivity contribution in [3.63, 3.8) is 0 Å². The first-order valence-electron chi connectivity index (χ1n) is 5.43. The maximum Gasteiger partial charge on any atom is 0.240 e. The third-order valence-corrected chi connectivity index (χ3v) is 3.30. The molecule has 5 nitrogen and oxygen atoms in total. The summed E-state index contributed by atoms with van der Waals surface area (Å²) in [6.07, 6.45) is 0. The fraction of sp³-hybridized carbons (Fsp3) is 0.455. The first-order chi connectivity index (χ1) is 8.17. The highest BCUT2D eigenvalue weighted by Gasteiger charge is 2.08. The fourth-order valence-electron chi connectivity index (χ4n) is 1.57. The van der Waals surface area contributed by atoms with Crippen LogP contribution in [0.1, 0.15) is 21.5 Å². The summed E-state index contributed by atoms with van der Waals surface area (Å²) in [4.78, 5) is 9.00. The third kappa shape index (κ3) is 4.06. The number of hydrogen-bond donors (Lipinski definition) is 1. The molecular formula is C11H17ClN4OS. The lowest BCUT2D eigenvalue weighted by molar-refractivity contribution is 0.302. The van der Waals surface area contributed by atoms with Crippen molar-refractivity contribution in [2.45, 2.75) is 26.6 Å². The maximum absolute atomic E-state index is 5.41. The summed E-state index contributed by atoms with van der Waals surface area (Å²) in [6, 6.07) is 4.28. The van der Waals surface area contributed by atoms with Crippen LogP contribution in [-0.2, 0) is 19.6 Å². The van der Waals surface area contributed by atoms with E-state index in [1.807, 2.05) is 18.4 Å². The molecule has 0 aliphatic carbocycles. The summed E-state index contributed by atoms with van der Waals surface area (Å²) in [7, 11) is 2.04. The molecule has 2 heterocycles. The van der Waals surface area contributed by atoms with Crippen LogP contribution in [0.15, 0.2) is 16.7 Å². The van der Waals surface area contributed by atoms with Gasteiger partial charge in [0.25, 0.3) is 0 Å². The molecule has 0 unspecified atom stereocenters. The Balaban J connectivity index is 0.00000162. The first kappa shape index (κ1) is 15.1. The summed E-state index contributed by atoms with van der Waals surface area (Å²) in [5, 5.41) is 3.87. The highest BCUT2D eigenvalue weighted by Crippen LogP contribution is 2.17. The third-order valence-electron chi connectivity index (χ3n) is 2.32. The van der Waals surface area contributed by atoms with Crippen molar-refractivity contribution in [1.82, 2.24) is 15.0 Å². The van der Waals surface area contributed by atoms with Crippen LogP contribution >= 0.6 is 23.7 Å². The van der Waals surface area contributed by atoms with Crippen LogP contribution in [0.2, 0.25) is 0 Å². The number of hydrogen-bond acceptors (Lipinski definition) is 6. The molecule has 18 heavy (non-hydrogen) atoms. The predicted molar refractivity (Wildman–Crippen MR) is 73.7 cm³/mol. The van der Waals surface area contributed by atoms with E-state index in [-0.39, 0.29) is 12.4 Å². The second-order valence-electron chi connectivity index (χ2n) is 3.99. The highest BCUT2D eigenvalue weighted by molar-refractivity contribution is 7.11. The minimum absolute atomic E-state index is 0. The van der Waals surface area contributed by atoms with Crippen molar-refractivity contribution < 1.29 is 4.52 Å². The molecule has 0 aliphatic heterocycles. The van der Waals surface area contributed by atoms with Gasteiger partial charge in [-0.1, -0.05) is 5.16 Å². The van der Waals surface area contributed by atoms with Gasteiger partial charge in [-0.25, -0.2) is 0 Å². The van der Waals surface area contributed by atoms with E-state index in [1.165, 1.54) is 9.75 Å². The van der Waals surface area contributed by atoms with Crippen molar-refractivity contribution in [2.75, 3.05) is 7.05 Å². The van der Waals surface area contributed by atoms with E-state index in [1.54, 1.807) is 0 Å². The molecular weight excluding hydrogens is 272 g/mol. The molecule has 2 aromatic heterocycles. The number of nitrogens with two attached hydrogens (primary N) is 1. The number of halogens is 1. The van der Waals surface area contributed by atoms with Gasteiger partial charge in [-0.05, 0) is 26.1 Å². The lowest BCUT2D eigenvalue weighted by atomic mass is 10.4. The average Bonchev–Trinajstić information content (AvgIpc) is 2.88. The molecule has 7 heteroatoms. The summed E-state index contributed by atoms with van der Waals surface area (Å²) in [5.41, 5.74) is 5.41. The maximum atomic E-state index is 5.41. The molecule has 0 amide bonds. The van der Waals surface area contributed by atoms with Gasteiger partial charge in [-0.3, -0.25) is 4.90 Å². The molecule has 2 N–H and O–H groups in total. The van der Waals surface area contributed by atoms with Crippen LogP contribution in [-0.4, -0.2) is 22.1 Å². The molecule has 0 saturated carbocycles. The first-order valence-corrected chi connectivity index (χ1v) is 6.24. The fourth-order valence-corrected chi connectivity index (χ4v) is 2.54. The Kier molecular flexibility index (Phi) is 5.74. The minimum Gasteiger partial charge on any atom is -0.338 e. The Morgan fingerprint density at radius 3 is 2.72 bits per heavy atom. The zero-order chi connectivity index (χ0) is 12.3. The second-order valence-corrected chi connectivity index (χ2v) is 5.37. The lowest BCUT2D eigenvalue weighted by Gasteiger charge is -2.12. The van der Waals surface area contributed by atoms with Crippen LogP contribution in [0.25, 0.3) is 0 Å². The van der Waals surface area contributed by atoms with Crippen LogP contribution in [0, 0.1) is 6.92 Å². The van der Waals surface area contributed by atoms with E-state index < -0.39 is 0 Å². The number of aromatic nitrogens is 2. The van der Waals surface area contributed by atoms with Gasteiger partial charge < -0.3 is 10.3 Å². The Bertz CT molecular complexity index is 485. The van der Waals surface area contributed by atoms with Gasteiger partial charge >= 0.3 is 0 Å². The molecule has 0 spiro atoms. The molecule has 0 aromatic carbocycles. The van der Waals surface area contributed by atoms with Crippen molar-refractivity contribution in [3.05, 3.63) is 33.6 Å². The monoisotopic (exact) mass is 288 g/mol. The van der Waals surface area contributed by atoms with E-state index >= 15 is 0 Å². The van der Waals surface area contributed by atoms with Crippen molar-refractivity contribution in [1.29, 1.82) is 0 Å². The molecule has 2 rings (SSSR count). The van der Waals surface area contributed by atoms with Crippen LogP contribution in [0.3, 0.4) is 0 Å². The van der Waals surface area contributed by atoms with Gasteiger partial charge in [0.05, 0.1) is 13.1 Å². The Morgan fingerprint density at radius 2 is 2.17 bits per heavy atom. The zero-order valence-corrected chi connectivity index (χ0v) is 12.1. The van der Waals surface area contributed by atoms with Gasteiger partial charge in [0, 0.05) is 16.3 Å². The van der Waals surface area contributed by atoms with E-state index in [0.717, 1.165) is 6.54 Å². The van der Waals surface area contributed by atoms with Gasteiger partial charge in [0.1, 0.15) is 0 Å². The van der Waals surface area contributed by atoms with Crippen LogP contribution in [0.4, 0.5) is 0 Å². The SMILES string of the molecule is Cc1ccc(CN(C)Cc2noc(CN)n2)s1.Cl. The number of aryl methyl sites for hydroxylation is 1. The number of nitrogens with zero attached hydrogens (tertiary/aromatic N) is 3. The summed E-state index contributed by atoms with van der Waals surface area (Å²) in [5.74, 6) is 1.17. The van der Waals surface area contributed by atoms with Crippen molar-refractivity contribution in [3.8, 4) is 0 Å². The minimum atomic E-state index is 0. The molecule has 0 atom stereocenters. The van der Waals surface area contributed by atoms with E-state index in [0.29, 0.717) is 24.8 Å². The summed E-state index contributed by atoms with van der Waals surface area (Å²) < 4.78 is 4.96. The van der Waals surface area contributed by atoms with E-state index in [2.05, 4.69) is 34.1 Å². The molecule has 2 aromatic rings. The zero-order valence-electron chi connectivity index (χ0n) is 10.4. The summed E-state index contributed by atoms with van der Waals surface area (Å²) >= 11 is 1.81. The molecule has 0 radical (unpaired) electrons. The molecule has 100 valence electrons. The number of rotatable bonds is 5. The van der Waals surface area contributed by atoms with E-state index in [4.69, 9.17) is 10.3 Å². The van der Waals surface area contributed by atoms with Crippen molar-refractivity contribution in [2.24, 2.45) is 5.73 Å². The topological polar surface area (TPSA) is 68.2 Å². The quantitative estimate of drug-likeness (QED) is 0.911. The molecule has 0 bridgehead atoms. The Labute approximate surface area is 116 Å². The van der Waals surface area contributed by atoms with Crippen molar-refractivity contribution >= 4 is 23.7 Å². The van der Waals surface area contributed by atoms with Gasteiger partial charge in [0.2, 0.25) is 5.89 Å². The van der Waals surface area contributed by atoms with Crippen LogP contribution in [0.5, 0.6) is 0 Å². The van der Waals surface area contributed by atoms with Gasteiger partial charge in [-0.2, -0.15) is 4.98 Å². The van der Waals surface area contributed by atoms with Crippen LogP contribution < -0.4 is 5.73 Å². The molecule has 0 saturated heterocycles. The van der Waals surface area contributed by atoms with E-state index in [9.17, 15) is 0 Å². The Morgan fingerprint density at radius 1 is 1.39 bits per heavy atom. The second kappa shape index (κ2) is 6.84. The van der Waals surface area contributed by atoms with Gasteiger partial charge in [-0.15, -0.1) is 23.7 Å². The summed E-state index contributed by atoms with van der Waals surface area (Å²) in [6.45, 7) is 3.97. The lowest BCUT2D eigenvalue weighted by Crippen LogP contribution is -2.17. The molecule has 0 fully saturated rings. The normalized spacial score (nSPS) is 10.7. The highest BCUT2D eigenvalue weighted by atomic mass is 35.5. The van der Waals surface area contributed by atoms with Gasteiger partial charge in [0.15, 0.2) is 5.82 Å².